The van der Waals surface area contributed by atoms with E-state index >= 15 is 0 Å². The molecule has 8 nitrogen and oxygen atoms in total. The third-order valence-corrected chi connectivity index (χ3v) is 6.06. The molecule has 1 aromatic carbocycles. The molecule has 1 saturated heterocycles. The van der Waals surface area contributed by atoms with E-state index in [1.807, 2.05) is 0 Å². The molecule has 1 fully saturated rings. The number of hydrogen-bond donors (Lipinski definition) is 1. The summed E-state index contributed by atoms with van der Waals surface area (Å²) in [4.78, 5) is 23.9. The molecule has 3 rings (SSSR count). The molecule has 2 heterocycles. The van der Waals surface area contributed by atoms with Crippen LogP contribution in [0.15, 0.2) is 23.0 Å². The second kappa shape index (κ2) is 6.12. The molecule has 2 aromatic rings. The van der Waals surface area contributed by atoms with Crippen LogP contribution in [-0.2, 0) is 15.1 Å². The zero-order valence-electron chi connectivity index (χ0n) is 12.5. The molecule has 1 aromatic heterocycles. The van der Waals surface area contributed by atoms with Gasteiger partial charge in [-0.2, -0.15) is 12.7 Å². The van der Waals surface area contributed by atoms with Gasteiger partial charge in [-0.15, -0.1) is 0 Å². The SMILES string of the molecule is CC(=O)C1CN(n2c(=O)sc3ccc(Cl)cc32)CCN1S(=O)(=O)O. The Morgan fingerprint density at radius 1 is 1.38 bits per heavy atom. The zero-order chi connectivity index (χ0) is 17.6. The standard InChI is InChI=1S/C13H14ClN3O5S2/c1-8(18)11-7-15(4-5-16(11)24(20,21)22)17-10-6-9(14)2-3-12(10)23-13(17)19/h2-3,6,11H,4-5,7H2,1H3,(H,20,21,22). The van der Waals surface area contributed by atoms with Crippen LogP contribution in [0.5, 0.6) is 0 Å². The van der Waals surface area contributed by atoms with Crippen molar-refractivity contribution in [3.8, 4) is 0 Å². The maximum Gasteiger partial charge on any atom is 0.336 e. The number of benzene rings is 1. The summed E-state index contributed by atoms with van der Waals surface area (Å²) in [5.74, 6) is -0.414. The third-order valence-electron chi connectivity index (χ3n) is 3.88. The van der Waals surface area contributed by atoms with E-state index in [-0.39, 0.29) is 24.5 Å². The molecule has 1 atom stereocenters. The van der Waals surface area contributed by atoms with Gasteiger partial charge in [-0.3, -0.25) is 14.1 Å². The first-order valence-corrected chi connectivity index (χ1v) is 9.58. The summed E-state index contributed by atoms with van der Waals surface area (Å²) in [5.41, 5.74) is 0.597. The van der Waals surface area contributed by atoms with Gasteiger partial charge in [0.15, 0.2) is 0 Å². The number of carbonyl (C=O) groups excluding carboxylic acids is 1. The highest BCUT2D eigenvalue weighted by molar-refractivity contribution is 7.83. The molecule has 1 N–H and O–H groups in total. The lowest BCUT2D eigenvalue weighted by atomic mass is 10.1. The molecule has 1 unspecified atom stereocenters. The lowest BCUT2D eigenvalue weighted by Gasteiger charge is -2.39. The number of carbonyl (C=O) groups is 1. The van der Waals surface area contributed by atoms with Crippen LogP contribution in [0.2, 0.25) is 5.02 Å². The number of ketones is 1. The van der Waals surface area contributed by atoms with Crippen molar-refractivity contribution in [2.45, 2.75) is 13.0 Å². The first-order valence-electron chi connectivity index (χ1n) is 6.99. The van der Waals surface area contributed by atoms with E-state index in [2.05, 4.69) is 0 Å². The summed E-state index contributed by atoms with van der Waals surface area (Å²) in [7, 11) is -4.49. The maximum absolute atomic E-state index is 12.3. The second-order valence-electron chi connectivity index (χ2n) is 5.42. The fourth-order valence-electron chi connectivity index (χ4n) is 2.79. The minimum atomic E-state index is -4.49. The highest BCUT2D eigenvalue weighted by Gasteiger charge is 2.37. The van der Waals surface area contributed by atoms with E-state index < -0.39 is 22.1 Å². The maximum atomic E-state index is 12.3. The van der Waals surface area contributed by atoms with Crippen molar-refractivity contribution in [3.05, 3.63) is 32.9 Å². The quantitative estimate of drug-likeness (QED) is 0.774. The molecule has 0 spiro atoms. The van der Waals surface area contributed by atoms with E-state index in [1.54, 1.807) is 23.2 Å². The highest BCUT2D eigenvalue weighted by atomic mass is 35.5. The van der Waals surface area contributed by atoms with E-state index in [9.17, 15) is 22.6 Å². The molecule has 0 amide bonds. The van der Waals surface area contributed by atoms with Crippen molar-refractivity contribution in [1.29, 1.82) is 0 Å². The minimum absolute atomic E-state index is 0.0343. The molecule has 0 saturated carbocycles. The van der Waals surface area contributed by atoms with Crippen LogP contribution in [0.4, 0.5) is 0 Å². The minimum Gasteiger partial charge on any atom is -0.305 e. The van der Waals surface area contributed by atoms with Crippen molar-refractivity contribution in [2.24, 2.45) is 0 Å². The zero-order valence-corrected chi connectivity index (χ0v) is 14.9. The summed E-state index contributed by atoms with van der Waals surface area (Å²) in [6.45, 7) is 1.26. The van der Waals surface area contributed by atoms with Gasteiger partial charge in [0, 0.05) is 18.1 Å². The van der Waals surface area contributed by atoms with E-state index in [4.69, 9.17) is 11.6 Å². The Morgan fingerprint density at radius 3 is 2.71 bits per heavy atom. The van der Waals surface area contributed by atoms with Gasteiger partial charge in [-0.1, -0.05) is 22.9 Å². The Kier molecular flexibility index (Phi) is 4.43. The van der Waals surface area contributed by atoms with Gasteiger partial charge in [0.2, 0.25) is 0 Å². The van der Waals surface area contributed by atoms with Gasteiger partial charge >= 0.3 is 15.2 Å². The smallest absolute Gasteiger partial charge is 0.305 e. The van der Waals surface area contributed by atoms with E-state index in [0.717, 1.165) is 20.3 Å². The molecule has 24 heavy (non-hydrogen) atoms. The van der Waals surface area contributed by atoms with Crippen LogP contribution < -0.4 is 9.88 Å². The summed E-state index contributed by atoms with van der Waals surface area (Å²) < 4.78 is 35.1. The molecule has 0 aliphatic carbocycles. The van der Waals surface area contributed by atoms with Gasteiger partial charge in [0.1, 0.15) is 11.8 Å². The number of Topliss-reactive ketones (excluding diaryl/α,β-unsaturated/α-hetero) is 1. The topological polar surface area (TPSA) is 99.9 Å². The first kappa shape index (κ1) is 17.4. The normalized spacial score (nSPS) is 19.8. The van der Waals surface area contributed by atoms with Gasteiger partial charge in [-0.25, -0.2) is 4.68 Å². The number of nitrogens with zero attached hydrogens (tertiary/aromatic N) is 3. The van der Waals surface area contributed by atoms with Crippen LogP contribution in [0, 0.1) is 0 Å². The monoisotopic (exact) mass is 391 g/mol. The van der Waals surface area contributed by atoms with Crippen LogP contribution in [0.1, 0.15) is 6.92 Å². The lowest BCUT2D eigenvalue weighted by molar-refractivity contribution is -0.121. The number of aromatic nitrogens is 1. The van der Waals surface area contributed by atoms with Crippen molar-refractivity contribution in [3.63, 3.8) is 0 Å². The molecule has 0 radical (unpaired) electrons. The molecule has 130 valence electrons. The number of rotatable bonds is 3. The fraction of sp³-hybridized carbons (Fsp3) is 0.385. The Bertz CT molecular complexity index is 968. The van der Waals surface area contributed by atoms with E-state index in [0.29, 0.717) is 10.5 Å². The largest absolute Gasteiger partial charge is 0.336 e. The number of hydrogen-bond acceptors (Lipinski definition) is 6. The third kappa shape index (κ3) is 3.07. The summed E-state index contributed by atoms with van der Waals surface area (Å²) in [6, 6.07) is 4.00. The molecule has 0 bridgehead atoms. The van der Waals surface area contributed by atoms with Crippen molar-refractivity contribution in [2.75, 3.05) is 24.6 Å². The number of piperazine rings is 1. The van der Waals surface area contributed by atoms with Crippen molar-refractivity contribution in [1.82, 2.24) is 8.98 Å². The Balaban J connectivity index is 2.03. The summed E-state index contributed by atoms with van der Waals surface area (Å²) in [5, 5.41) is 2.07. The molecule has 1 aliphatic rings. The lowest BCUT2D eigenvalue weighted by Crippen LogP contribution is -2.61. The molecular weight excluding hydrogens is 378 g/mol. The van der Waals surface area contributed by atoms with Gasteiger partial charge in [0.25, 0.3) is 0 Å². The van der Waals surface area contributed by atoms with Crippen molar-refractivity contribution < 1.29 is 17.8 Å². The molecular formula is C13H14ClN3O5S2. The number of fused-ring (bicyclic) bond motifs is 1. The predicted octanol–water partition coefficient (Wildman–Crippen LogP) is 0.730. The number of halogens is 1. The Morgan fingerprint density at radius 2 is 2.08 bits per heavy atom. The number of thiazole rings is 1. The predicted molar refractivity (Wildman–Crippen MR) is 91.8 cm³/mol. The van der Waals surface area contributed by atoms with Crippen molar-refractivity contribution >= 4 is 49.2 Å². The van der Waals surface area contributed by atoms with Gasteiger partial charge in [-0.05, 0) is 25.1 Å². The second-order valence-corrected chi connectivity index (χ2v) is 8.21. The summed E-state index contributed by atoms with van der Waals surface area (Å²) >= 11 is 7.03. The van der Waals surface area contributed by atoms with Crippen LogP contribution in [0.25, 0.3) is 10.2 Å². The van der Waals surface area contributed by atoms with Crippen LogP contribution in [-0.4, -0.2) is 53.4 Å². The fourth-order valence-corrected chi connectivity index (χ4v) is 4.68. The Labute approximate surface area is 146 Å². The highest BCUT2D eigenvalue weighted by Crippen LogP contribution is 2.23. The van der Waals surface area contributed by atoms with Crippen LogP contribution in [0.3, 0.4) is 0 Å². The molecule has 1 aliphatic heterocycles. The van der Waals surface area contributed by atoms with Gasteiger partial charge < -0.3 is 5.01 Å². The van der Waals surface area contributed by atoms with E-state index in [1.165, 1.54) is 11.6 Å². The summed E-state index contributed by atoms with van der Waals surface area (Å²) in [6.07, 6.45) is 0. The first-order chi connectivity index (χ1) is 11.2. The average molecular weight is 392 g/mol. The molecule has 11 heteroatoms. The average Bonchev–Trinajstić information content (AvgIpc) is 2.80. The Hall–Kier alpha value is -1.46. The van der Waals surface area contributed by atoms with Crippen LogP contribution >= 0.6 is 22.9 Å². The van der Waals surface area contributed by atoms with Gasteiger partial charge in [0.05, 0.1) is 16.8 Å².